The van der Waals surface area contributed by atoms with Crippen LogP contribution >= 0.6 is 11.6 Å². The van der Waals surface area contributed by atoms with Crippen LogP contribution in [0.15, 0.2) is 12.1 Å². The summed E-state index contributed by atoms with van der Waals surface area (Å²) in [5.74, 6) is 2.30. The van der Waals surface area contributed by atoms with E-state index in [1.165, 1.54) is 12.8 Å². The van der Waals surface area contributed by atoms with Crippen LogP contribution in [0.5, 0.6) is 11.5 Å². The van der Waals surface area contributed by atoms with Crippen LogP contribution in [-0.4, -0.2) is 12.8 Å². The second kappa shape index (κ2) is 3.74. The predicted molar refractivity (Wildman–Crippen MR) is 63.4 cm³/mol. The summed E-state index contributed by atoms with van der Waals surface area (Å²) in [5, 5.41) is 4.13. The van der Waals surface area contributed by atoms with Crippen molar-refractivity contribution in [3.8, 4) is 11.5 Å². The van der Waals surface area contributed by atoms with Gasteiger partial charge in [0.25, 0.3) is 0 Å². The minimum Gasteiger partial charge on any atom is -0.454 e. The fourth-order valence-corrected chi connectivity index (χ4v) is 2.20. The Morgan fingerprint density at radius 3 is 2.69 bits per heavy atom. The fraction of sp³-hybridized carbons (Fsp3) is 0.500. The number of halogens is 1. The van der Waals surface area contributed by atoms with E-state index in [2.05, 4.69) is 12.2 Å². The third-order valence-electron chi connectivity index (χ3n) is 3.17. The van der Waals surface area contributed by atoms with Crippen LogP contribution in [0.3, 0.4) is 0 Å². The zero-order valence-corrected chi connectivity index (χ0v) is 9.88. The topological polar surface area (TPSA) is 30.5 Å². The van der Waals surface area contributed by atoms with E-state index in [0.717, 1.165) is 23.1 Å². The highest BCUT2D eigenvalue weighted by atomic mass is 35.5. The lowest BCUT2D eigenvalue weighted by Crippen LogP contribution is -2.17. The van der Waals surface area contributed by atoms with Crippen molar-refractivity contribution in [2.24, 2.45) is 5.92 Å². The average molecular weight is 240 g/mol. The number of rotatable bonds is 3. The summed E-state index contributed by atoms with van der Waals surface area (Å²) in [4.78, 5) is 0. The molecule has 0 aromatic heterocycles. The lowest BCUT2D eigenvalue weighted by atomic mass is 10.2. The Labute approximate surface area is 99.7 Å². The molecule has 1 atom stereocenters. The molecule has 3 nitrogen and oxygen atoms in total. The van der Waals surface area contributed by atoms with E-state index in [-0.39, 0.29) is 6.79 Å². The summed E-state index contributed by atoms with van der Waals surface area (Å²) in [6.07, 6.45) is 2.63. The van der Waals surface area contributed by atoms with Crippen LogP contribution in [0.1, 0.15) is 19.8 Å². The molecule has 1 aliphatic carbocycles. The molecule has 1 aromatic carbocycles. The molecule has 1 fully saturated rings. The van der Waals surface area contributed by atoms with E-state index >= 15 is 0 Å². The van der Waals surface area contributed by atoms with Crippen molar-refractivity contribution in [1.29, 1.82) is 0 Å². The first-order valence-corrected chi connectivity index (χ1v) is 5.97. The van der Waals surface area contributed by atoms with Gasteiger partial charge in [-0.3, -0.25) is 0 Å². The van der Waals surface area contributed by atoms with E-state index < -0.39 is 0 Å². The molecular formula is C12H14ClNO2. The Morgan fingerprint density at radius 2 is 2.00 bits per heavy atom. The zero-order chi connectivity index (χ0) is 11.1. The van der Waals surface area contributed by atoms with Gasteiger partial charge in [0, 0.05) is 18.2 Å². The average Bonchev–Trinajstić information content (AvgIpc) is 3.01. The van der Waals surface area contributed by atoms with Crippen molar-refractivity contribution in [1.82, 2.24) is 0 Å². The summed E-state index contributed by atoms with van der Waals surface area (Å²) >= 11 is 6.18. The van der Waals surface area contributed by atoms with Crippen LogP contribution in [-0.2, 0) is 0 Å². The third kappa shape index (κ3) is 1.80. The highest BCUT2D eigenvalue weighted by molar-refractivity contribution is 6.33. The summed E-state index contributed by atoms with van der Waals surface area (Å²) in [5.41, 5.74) is 0.935. The van der Waals surface area contributed by atoms with Gasteiger partial charge in [0.2, 0.25) is 6.79 Å². The molecule has 1 saturated carbocycles. The lowest BCUT2D eigenvalue weighted by molar-refractivity contribution is 0.174. The van der Waals surface area contributed by atoms with Gasteiger partial charge in [-0.05, 0) is 25.7 Å². The van der Waals surface area contributed by atoms with Gasteiger partial charge in [0.05, 0.1) is 10.7 Å². The van der Waals surface area contributed by atoms with Crippen LogP contribution in [0, 0.1) is 5.92 Å². The van der Waals surface area contributed by atoms with Gasteiger partial charge in [-0.2, -0.15) is 0 Å². The fourth-order valence-electron chi connectivity index (χ4n) is 1.99. The molecule has 3 rings (SSSR count). The number of benzene rings is 1. The maximum Gasteiger partial charge on any atom is 0.231 e. The molecule has 86 valence electrons. The highest BCUT2D eigenvalue weighted by Crippen LogP contribution is 2.41. The molecule has 1 heterocycles. The number of ether oxygens (including phenoxy) is 2. The second-order valence-corrected chi connectivity index (χ2v) is 4.86. The molecule has 0 amide bonds. The largest absolute Gasteiger partial charge is 0.454 e. The van der Waals surface area contributed by atoms with Crippen molar-refractivity contribution in [3.63, 3.8) is 0 Å². The zero-order valence-electron chi connectivity index (χ0n) is 9.13. The van der Waals surface area contributed by atoms with Gasteiger partial charge in [-0.1, -0.05) is 11.6 Å². The number of anilines is 1. The summed E-state index contributed by atoms with van der Waals surface area (Å²) in [6.45, 7) is 2.48. The van der Waals surface area contributed by atoms with Crippen molar-refractivity contribution in [2.75, 3.05) is 12.1 Å². The minimum absolute atomic E-state index is 0.285. The normalized spacial score (nSPS) is 19.6. The Bertz CT molecular complexity index is 418. The van der Waals surface area contributed by atoms with E-state index in [0.29, 0.717) is 11.1 Å². The van der Waals surface area contributed by atoms with E-state index in [1.807, 2.05) is 12.1 Å². The maximum absolute atomic E-state index is 6.18. The first kappa shape index (κ1) is 10.1. The molecular weight excluding hydrogens is 226 g/mol. The molecule has 1 unspecified atom stereocenters. The van der Waals surface area contributed by atoms with Crippen molar-refractivity contribution in [3.05, 3.63) is 17.2 Å². The number of hydrogen-bond acceptors (Lipinski definition) is 3. The van der Waals surface area contributed by atoms with Gasteiger partial charge in [-0.15, -0.1) is 0 Å². The summed E-state index contributed by atoms with van der Waals surface area (Å²) in [7, 11) is 0. The molecule has 1 aliphatic heterocycles. The molecule has 0 radical (unpaired) electrons. The SMILES string of the molecule is CC(Nc1cc2c(cc1Cl)OCO2)C1CC1. The van der Waals surface area contributed by atoms with Gasteiger partial charge < -0.3 is 14.8 Å². The molecule has 1 aromatic rings. The molecule has 16 heavy (non-hydrogen) atoms. The van der Waals surface area contributed by atoms with Crippen LogP contribution in [0.4, 0.5) is 5.69 Å². The molecule has 0 saturated heterocycles. The van der Waals surface area contributed by atoms with Gasteiger partial charge in [0.1, 0.15) is 0 Å². The second-order valence-electron chi connectivity index (χ2n) is 4.46. The maximum atomic E-state index is 6.18. The smallest absolute Gasteiger partial charge is 0.231 e. The van der Waals surface area contributed by atoms with Crippen LogP contribution < -0.4 is 14.8 Å². The highest BCUT2D eigenvalue weighted by Gasteiger charge is 2.28. The molecule has 1 N–H and O–H groups in total. The first-order valence-electron chi connectivity index (χ1n) is 5.60. The predicted octanol–water partition coefficient (Wildman–Crippen LogP) is 3.28. The Balaban J connectivity index is 1.83. The Hall–Kier alpha value is -1.09. The summed E-state index contributed by atoms with van der Waals surface area (Å²) < 4.78 is 10.6. The van der Waals surface area contributed by atoms with Crippen molar-refractivity contribution in [2.45, 2.75) is 25.8 Å². The van der Waals surface area contributed by atoms with E-state index in [4.69, 9.17) is 21.1 Å². The number of fused-ring (bicyclic) bond motifs is 1. The molecule has 0 spiro atoms. The number of hydrogen-bond donors (Lipinski definition) is 1. The Morgan fingerprint density at radius 1 is 1.31 bits per heavy atom. The van der Waals surface area contributed by atoms with Gasteiger partial charge in [0.15, 0.2) is 11.5 Å². The monoisotopic (exact) mass is 239 g/mol. The Kier molecular flexibility index (Phi) is 2.36. The lowest BCUT2D eigenvalue weighted by Gasteiger charge is -2.15. The van der Waals surface area contributed by atoms with Crippen LogP contribution in [0.25, 0.3) is 0 Å². The van der Waals surface area contributed by atoms with E-state index in [1.54, 1.807) is 0 Å². The van der Waals surface area contributed by atoms with Gasteiger partial charge >= 0.3 is 0 Å². The van der Waals surface area contributed by atoms with Crippen LogP contribution in [0.2, 0.25) is 5.02 Å². The standard InChI is InChI=1S/C12H14ClNO2/c1-7(8-2-3-8)14-10-5-12-11(4-9(10)13)15-6-16-12/h4-5,7-8,14H,2-3,6H2,1H3. The third-order valence-corrected chi connectivity index (χ3v) is 3.49. The first-order chi connectivity index (χ1) is 7.74. The van der Waals surface area contributed by atoms with E-state index in [9.17, 15) is 0 Å². The quantitative estimate of drug-likeness (QED) is 0.878. The number of nitrogens with one attached hydrogen (secondary N) is 1. The molecule has 2 aliphatic rings. The van der Waals surface area contributed by atoms with Crippen molar-refractivity contribution < 1.29 is 9.47 Å². The molecule has 4 heteroatoms. The minimum atomic E-state index is 0.285. The molecule has 0 bridgehead atoms. The van der Waals surface area contributed by atoms with Crippen molar-refractivity contribution >= 4 is 17.3 Å². The van der Waals surface area contributed by atoms with Gasteiger partial charge in [-0.25, -0.2) is 0 Å². The summed E-state index contributed by atoms with van der Waals surface area (Å²) in [6, 6.07) is 4.20.